The minimum absolute atomic E-state index is 0.0943. The number of rotatable bonds is 5. The maximum Gasteiger partial charge on any atom is 0.404 e. The van der Waals surface area contributed by atoms with Gasteiger partial charge < -0.3 is 25.0 Å². The van der Waals surface area contributed by atoms with E-state index in [9.17, 15) is 9.90 Å². The molecule has 1 aliphatic rings. The molecule has 0 spiro atoms. The van der Waals surface area contributed by atoms with E-state index in [0.29, 0.717) is 27.1 Å². The first-order valence-corrected chi connectivity index (χ1v) is 7.95. The Morgan fingerprint density at radius 2 is 2.30 bits per heavy atom. The number of hydrogen-bond acceptors (Lipinski definition) is 6. The lowest BCUT2D eigenvalue weighted by molar-refractivity contribution is 0.120. The van der Waals surface area contributed by atoms with Gasteiger partial charge in [0, 0.05) is 11.6 Å². The van der Waals surface area contributed by atoms with Crippen molar-refractivity contribution in [1.29, 1.82) is 0 Å². The van der Waals surface area contributed by atoms with Crippen LogP contribution in [-0.4, -0.2) is 34.1 Å². The van der Waals surface area contributed by atoms with Gasteiger partial charge in [0.05, 0.1) is 11.1 Å². The van der Waals surface area contributed by atoms with Crippen LogP contribution in [-0.2, 0) is 6.42 Å². The van der Waals surface area contributed by atoms with Crippen LogP contribution < -0.4 is 14.8 Å². The number of ether oxygens (including phenoxy) is 2. The third-order valence-electron chi connectivity index (χ3n) is 3.34. The predicted molar refractivity (Wildman–Crippen MR) is 83.3 cm³/mol. The van der Waals surface area contributed by atoms with Gasteiger partial charge in [0.2, 0.25) is 6.79 Å². The number of aromatic nitrogens is 1. The monoisotopic (exact) mass is 356 g/mol. The van der Waals surface area contributed by atoms with Crippen LogP contribution in [0.1, 0.15) is 16.7 Å². The zero-order valence-electron chi connectivity index (χ0n) is 11.7. The molecule has 0 saturated heterocycles. The van der Waals surface area contributed by atoms with Crippen LogP contribution in [0, 0.1) is 0 Å². The molecule has 2 atom stereocenters. The van der Waals surface area contributed by atoms with E-state index < -0.39 is 18.2 Å². The van der Waals surface area contributed by atoms with Gasteiger partial charge in [0.15, 0.2) is 11.5 Å². The van der Waals surface area contributed by atoms with Crippen molar-refractivity contribution in [3.05, 3.63) is 39.3 Å². The molecule has 2 aromatic rings. The molecule has 0 aliphatic carbocycles. The predicted octanol–water partition coefficient (Wildman–Crippen LogP) is 2.44. The molecular weight excluding hydrogens is 344 g/mol. The van der Waals surface area contributed by atoms with Gasteiger partial charge in [-0.15, -0.1) is 11.3 Å². The van der Waals surface area contributed by atoms with Crippen LogP contribution in [0.15, 0.2) is 23.7 Å². The minimum atomic E-state index is -1.22. The number of fused-ring (bicyclic) bond motifs is 1. The Hall–Kier alpha value is -2.03. The standard InChI is InChI=1S/C14H13ClN2O5S/c15-8-3-7(5-10-12(8)22-6-21-10)4-9(17-14(19)20)11(18)13-16-1-2-23-13/h1-3,5,9,11,17-18H,4,6H2,(H,19,20)/t9-,11-/m0/s1. The van der Waals surface area contributed by atoms with Crippen molar-refractivity contribution >= 4 is 29.0 Å². The fourth-order valence-electron chi connectivity index (χ4n) is 2.35. The first-order chi connectivity index (χ1) is 11.0. The van der Waals surface area contributed by atoms with Crippen LogP contribution in [0.5, 0.6) is 11.5 Å². The first-order valence-electron chi connectivity index (χ1n) is 6.69. The van der Waals surface area contributed by atoms with Gasteiger partial charge >= 0.3 is 6.09 Å². The smallest absolute Gasteiger partial charge is 0.404 e. The molecular formula is C14H13ClN2O5S. The van der Waals surface area contributed by atoms with Crippen LogP contribution in [0.25, 0.3) is 0 Å². The Morgan fingerprint density at radius 3 is 3.00 bits per heavy atom. The summed E-state index contributed by atoms with van der Waals surface area (Å²) in [6.45, 7) is 0.0943. The summed E-state index contributed by atoms with van der Waals surface area (Å²) >= 11 is 7.38. The summed E-state index contributed by atoms with van der Waals surface area (Å²) in [6.07, 6.45) is -0.505. The second-order valence-electron chi connectivity index (χ2n) is 4.89. The second-order valence-corrected chi connectivity index (χ2v) is 6.22. The molecule has 122 valence electrons. The number of benzene rings is 1. The van der Waals surface area contributed by atoms with E-state index in [0.717, 1.165) is 0 Å². The number of aliphatic hydroxyl groups is 1. The first kappa shape index (κ1) is 15.9. The third kappa shape index (κ3) is 3.49. The van der Waals surface area contributed by atoms with Crippen LogP contribution >= 0.6 is 22.9 Å². The van der Waals surface area contributed by atoms with Gasteiger partial charge in [-0.3, -0.25) is 0 Å². The van der Waals surface area contributed by atoms with Crippen molar-refractivity contribution in [3.8, 4) is 11.5 Å². The number of carbonyl (C=O) groups is 1. The van der Waals surface area contributed by atoms with E-state index in [1.165, 1.54) is 11.3 Å². The van der Waals surface area contributed by atoms with E-state index in [1.807, 2.05) is 0 Å². The third-order valence-corrected chi connectivity index (χ3v) is 4.46. The highest BCUT2D eigenvalue weighted by Crippen LogP contribution is 2.40. The Morgan fingerprint density at radius 1 is 1.48 bits per heavy atom. The van der Waals surface area contributed by atoms with Crippen molar-refractivity contribution in [3.63, 3.8) is 0 Å². The van der Waals surface area contributed by atoms with Gasteiger partial charge in [-0.05, 0) is 24.1 Å². The normalized spacial score (nSPS) is 15.2. The summed E-state index contributed by atoms with van der Waals surface area (Å²) in [5.41, 5.74) is 0.716. The summed E-state index contributed by atoms with van der Waals surface area (Å²) in [5, 5.41) is 24.2. The number of hydrogen-bond donors (Lipinski definition) is 3. The Kier molecular flexibility index (Phi) is 4.56. The average molecular weight is 357 g/mol. The van der Waals surface area contributed by atoms with Crippen molar-refractivity contribution in [1.82, 2.24) is 10.3 Å². The number of nitrogens with zero attached hydrogens (tertiary/aromatic N) is 1. The van der Waals surface area contributed by atoms with Crippen LogP contribution in [0.4, 0.5) is 4.79 Å². The van der Waals surface area contributed by atoms with Crippen molar-refractivity contribution < 1.29 is 24.5 Å². The van der Waals surface area contributed by atoms with E-state index in [4.69, 9.17) is 26.2 Å². The molecule has 1 aromatic carbocycles. The molecule has 3 rings (SSSR count). The van der Waals surface area contributed by atoms with Gasteiger partial charge in [0.1, 0.15) is 11.1 Å². The summed E-state index contributed by atoms with van der Waals surface area (Å²) in [6, 6.07) is 2.62. The fraction of sp³-hybridized carbons (Fsp3) is 0.286. The lowest BCUT2D eigenvalue weighted by Gasteiger charge is -2.21. The minimum Gasteiger partial charge on any atom is -0.465 e. The molecule has 1 aromatic heterocycles. The Balaban J connectivity index is 1.84. The molecule has 2 heterocycles. The lowest BCUT2D eigenvalue weighted by Crippen LogP contribution is -2.40. The van der Waals surface area contributed by atoms with E-state index >= 15 is 0 Å². The number of aliphatic hydroxyl groups excluding tert-OH is 1. The highest BCUT2D eigenvalue weighted by molar-refractivity contribution is 7.09. The number of nitrogens with one attached hydrogen (secondary N) is 1. The summed E-state index contributed by atoms with van der Waals surface area (Å²) < 4.78 is 10.5. The molecule has 0 unspecified atom stereocenters. The van der Waals surface area contributed by atoms with Gasteiger partial charge in [0.25, 0.3) is 0 Å². The molecule has 9 heteroatoms. The molecule has 0 bridgehead atoms. The SMILES string of the molecule is O=C(O)N[C@@H](Cc1cc(Cl)c2c(c1)OCO2)[C@H](O)c1nccs1. The van der Waals surface area contributed by atoms with Gasteiger partial charge in [-0.25, -0.2) is 9.78 Å². The zero-order valence-corrected chi connectivity index (χ0v) is 13.3. The molecule has 0 saturated carbocycles. The highest BCUT2D eigenvalue weighted by atomic mass is 35.5. The Bertz CT molecular complexity index is 709. The molecule has 0 radical (unpaired) electrons. The fourth-order valence-corrected chi connectivity index (χ4v) is 3.32. The lowest BCUT2D eigenvalue weighted by atomic mass is 10.0. The quantitative estimate of drug-likeness (QED) is 0.760. The maximum absolute atomic E-state index is 11.0. The summed E-state index contributed by atoms with van der Waals surface area (Å²) in [7, 11) is 0. The molecule has 0 fully saturated rings. The van der Waals surface area contributed by atoms with Crippen LogP contribution in [0.2, 0.25) is 5.02 Å². The number of amides is 1. The van der Waals surface area contributed by atoms with E-state index in [2.05, 4.69) is 10.3 Å². The molecule has 3 N–H and O–H groups in total. The number of thiazole rings is 1. The van der Waals surface area contributed by atoms with E-state index in [1.54, 1.807) is 23.7 Å². The van der Waals surface area contributed by atoms with Crippen molar-refractivity contribution in [2.75, 3.05) is 6.79 Å². The van der Waals surface area contributed by atoms with Gasteiger partial charge in [-0.2, -0.15) is 0 Å². The molecule has 23 heavy (non-hydrogen) atoms. The van der Waals surface area contributed by atoms with E-state index in [-0.39, 0.29) is 13.2 Å². The summed E-state index contributed by atoms with van der Waals surface area (Å²) in [4.78, 5) is 15.0. The highest BCUT2D eigenvalue weighted by Gasteiger charge is 2.27. The Labute approximate surface area is 140 Å². The average Bonchev–Trinajstić information content (AvgIpc) is 3.16. The second kappa shape index (κ2) is 6.61. The van der Waals surface area contributed by atoms with Gasteiger partial charge in [-0.1, -0.05) is 11.6 Å². The molecule has 7 nitrogen and oxygen atoms in total. The van der Waals surface area contributed by atoms with Crippen molar-refractivity contribution in [2.24, 2.45) is 0 Å². The van der Waals surface area contributed by atoms with Crippen LogP contribution in [0.3, 0.4) is 0 Å². The molecule has 1 amide bonds. The van der Waals surface area contributed by atoms with Crippen molar-refractivity contribution in [2.45, 2.75) is 18.6 Å². The number of carboxylic acid groups (broad SMARTS) is 1. The zero-order chi connectivity index (χ0) is 16.4. The largest absolute Gasteiger partial charge is 0.465 e. The maximum atomic E-state index is 11.0. The summed E-state index contributed by atoms with van der Waals surface area (Å²) in [5.74, 6) is 0.976. The number of halogens is 1. The molecule has 1 aliphatic heterocycles. The topological polar surface area (TPSA) is 101 Å².